The number of nitrogens with zero attached hydrogens (tertiary/aromatic N) is 3. The molecule has 1 saturated heterocycles. The van der Waals surface area contributed by atoms with Gasteiger partial charge in [-0.2, -0.15) is 0 Å². The predicted octanol–water partition coefficient (Wildman–Crippen LogP) is 2.19. The number of pyridine rings is 1. The maximum absolute atomic E-state index is 12.7. The Balaban J connectivity index is 1.87. The fraction of sp³-hybridized carbons (Fsp3) is 0.632. The predicted molar refractivity (Wildman–Crippen MR) is 105 cm³/mol. The van der Waals surface area contributed by atoms with Crippen LogP contribution in [0.5, 0.6) is 5.88 Å². The molecule has 150 valence electrons. The van der Waals surface area contributed by atoms with Gasteiger partial charge in [-0.05, 0) is 33.3 Å². The van der Waals surface area contributed by atoms with Gasteiger partial charge in [0.2, 0.25) is 11.8 Å². The van der Waals surface area contributed by atoms with Crippen LogP contribution in [0.15, 0.2) is 12.3 Å². The van der Waals surface area contributed by atoms with E-state index in [2.05, 4.69) is 15.2 Å². The van der Waals surface area contributed by atoms with E-state index < -0.39 is 0 Å². The minimum absolute atomic E-state index is 0.0286. The van der Waals surface area contributed by atoms with Crippen molar-refractivity contribution in [3.05, 3.63) is 22.8 Å². The van der Waals surface area contributed by atoms with Crippen LogP contribution in [-0.2, 0) is 4.79 Å². The first-order chi connectivity index (χ1) is 12.8. The molecule has 0 bridgehead atoms. The quantitative estimate of drug-likeness (QED) is 0.764. The van der Waals surface area contributed by atoms with Gasteiger partial charge in [-0.25, -0.2) is 4.98 Å². The summed E-state index contributed by atoms with van der Waals surface area (Å²) in [5, 5.41) is 3.29. The van der Waals surface area contributed by atoms with Crippen molar-refractivity contribution in [1.29, 1.82) is 0 Å². The minimum atomic E-state index is -0.107. The molecule has 1 unspecified atom stereocenters. The van der Waals surface area contributed by atoms with Crippen molar-refractivity contribution >= 4 is 23.4 Å². The van der Waals surface area contributed by atoms with Gasteiger partial charge in [-0.15, -0.1) is 0 Å². The standard InChI is InChI=1S/C19H29ClN4O3/c1-5-14(4)22-17(25)12-23-6-8-24(9-7-23)19(26)15-10-16(20)18(21-11-15)27-13(2)3/h10-11,13-14H,5-9,12H2,1-4H3,(H,22,25). The van der Waals surface area contributed by atoms with E-state index in [1.54, 1.807) is 11.0 Å². The minimum Gasteiger partial charge on any atom is -0.474 e. The molecular weight excluding hydrogens is 368 g/mol. The number of piperazine rings is 1. The molecule has 8 heteroatoms. The summed E-state index contributed by atoms with van der Waals surface area (Å²) in [5.41, 5.74) is 0.444. The second-order valence-corrected chi connectivity index (χ2v) is 7.53. The SMILES string of the molecule is CCC(C)NC(=O)CN1CCN(C(=O)c2cnc(OC(C)C)c(Cl)c2)CC1. The average Bonchev–Trinajstić information content (AvgIpc) is 2.63. The number of carbonyl (C=O) groups is 2. The Kier molecular flexibility index (Phi) is 7.86. The maximum atomic E-state index is 12.7. The van der Waals surface area contributed by atoms with Gasteiger partial charge in [0.05, 0.1) is 18.2 Å². The maximum Gasteiger partial charge on any atom is 0.255 e. The molecule has 1 atom stereocenters. The molecule has 1 aliphatic heterocycles. The van der Waals surface area contributed by atoms with E-state index >= 15 is 0 Å². The zero-order chi connectivity index (χ0) is 20.0. The van der Waals surface area contributed by atoms with Gasteiger partial charge < -0.3 is 15.0 Å². The Morgan fingerprint density at radius 2 is 1.93 bits per heavy atom. The van der Waals surface area contributed by atoms with Crippen molar-refractivity contribution in [2.75, 3.05) is 32.7 Å². The average molecular weight is 397 g/mol. The first kappa shape index (κ1) is 21.4. The lowest BCUT2D eigenvalue weighted by Crippen LogP contribution is -2.51. The summed E-state index contributed by atoms with van der Waals surface area (Å²) in [5.74, 6) is 0.255. The summed E-state index contributed by atoms with van der Waals surface area (Å²) >= 11 is 6.18. The number of rotatable bonds is 7. The Hall–Kier alpha value is -1.86. The van der Waals surface area contributed by atoms with Crippen LogP contribution in [0.1, 0.15) is 44.5 Å². The monoisotopic (exact) mass is 396 g/mol. The molecule has 1 aromatic heterocycles. The largest absolute Gasteiger partial charge is 0.474 e. The topological polar surface area (TPSA) is 74.8 Å². The number of amides is 2. The summed E-state index contributed by atoms with van der Waals surface area (Å²) < 4.78 is 5.50. The smallest absolute Gasteiger partial charge is 0.255 e. The molecule has 2 rings (SSSR count). The third kappa shape index (κ3) is 6.36. The van der Waals surface area contributed by atoms with E-state index in [1.807, 2.05) is 27.7 Å². The zero-order valence-corrected chi connectivity index (χ0v) is 17.3. The summed E-state index contributed by atoms with van der Waals surface area (Å²) in [6, 6.07) is 1.78. The first-order valence-electron chi connectivity index (χ1n) is 9.43. The number of carbonyl (C=O) groups excluding carboxylic acids is 2. The molecule has 27 heavy (non-hydrogen) atoms. The van der Waals surface area contributed by atoms with Gasteiger partial charge in [0.15, 0.2) is 0 Å². The van der Waals surface area contributed by atoms with Crippen LogP contribution in [-0.4, -0.2) is 71.5 Å². The van der Waals surface area contributed by atoms with Crippen molar-refractivity contribution < 1.29 is 14.3 Å². The highest BCUT2D eigenvalue weighted by molar-refractivity contribution is 6.32. The van der Waals surface area contributed by atoms with E-state index in [0.717, 1.165) is 6.42 Å². The number of ether oxygens (including phenoxy) is 1. The molecular formula is C19H29ClN4O3. The fourth-order valence-corrected chi connectivity index (χ4v) is 2.98. The Morgan fingerprint density at radius 3 is 2.48 bits per heavy atom. The highest BCUT2D eigenvalue weighted by Crippen LogP contribution is 2.24. The number of halogens is 1. The van der Waals surface area contributed by atoms with Crippen molar-refractivity contribution in [1.82, 2.24) is 20.1 Å². The van der Waals surface area contributed by atoms with E-state index in [4.69, 9.17) is 16.3 Å². The van der Waals surface area contributed by atoms with E-state index in [9.17, 15) is 9.59 Å². The summed E-state index contributed by atoms with van der Waals surface area (Å²) in [4.78, 5) is 32.7. The van der Waals surface area contributed by atoms with Crippen LogP contribution in [0.25, 0.3) is 0 Å². The third-order valence-corrected chi connectivity index (χ3v) is 4.72. The van der Waals surface area contributed by atoms with E-state index in [-0.39, 0.29) is 24.0 Å². The highest BCUT2D eigenvalue weighted by atomic mass is 35.5. The summed E-state index contributed by atoms with van der Waals surface area (Å²) in [6.07, 6.45) is 2.37. The van der Waals surface area contributed by atoms with Crippen molar-refractivity contribution in [3.8, 4) is 5.88 Å². The second-order valence-electron chi connectivity index (χ2n) is 7.12. The van der Waals surface area contributed by atoms with Crippen LogP contribution in [0.4, 0.5) is 0 Å². The lowest BCUT2D eigenvalue weighted by molar-refractivity contribution is -0.123. The lowest BCUT2D eigenvalue weighted by atomic mass is 10.2. The van der Waals surface area contributed by atoms with Crippen molar-refractivity contribution in [3.63, 3.8) is 0 Å². The molecule has 1 aromatic rings. The Bertz CT molecular complexity index is 660. The van der Waals surface area contributed by atoms with Crippen molar-refractivity contribution in [2.24, 2.45) is 0 Å². The summed E-state index contributed by atoms with van der Waals surface area (Å²) in [7, 11) is 0. The third-order valence-electron chi connectivity index (χ3n) is 4.45. The number of hydrogen-bond acceptors (Lipinski definition) is 5. The molecule has 7 nitrogen and oxygen atoms in total. The number of aromatic nitrogens is 1. The molecule has 0 aliphatic carbocycles. The first-order valence-corrected chi connectivity index (χ1v) is 9.81. The molecule has 0 spiro atoms. The van der Waals surface area contributed by atoms with Gasteiger partial charge >= 0.3 is 0 Å². The normalized spacial score (nSPS) is 16.3. The molecule has 2 heterocycles. The molecule has 2 amide bonds. The molecule has 0 aromatic carbocycles. The van der Waals surface area contributed by atoms with Gasteiger partial charge in [0.1, 0.15) is 5.02 Å². The summed E-state index contributed by atoms with van der Waals surface area (Å²) in [6.45, 7) is 10.6. The fourth-order valence-electron chi connectivity index (χ4n) is 2.77. The van der Waals surface area contributed by atoms with E-state index in [1.165, 1.54) is 6.20 Å². The van der Waals surface area contributed by atoms with Crippen molar-refractivity contribution in [2.45, 2.75) is 46.3 Å². The second kappa shape index (κ2) is 9.90. The van der Waals surface area contributed by atoms with Gasteiger partial charge in [0.25, 0.3) is 5.91 Å². The van der Waals surface area contributed by atoms with Gasteiger partial charge in [-0.3, -0.25) is 14.5 Å². The molecule has 1 N–H and O–H groups in total. The molecule has 1 fully saturated rings. The van der Waals surface area contributed by atoms with Crippen LogP contribution in [0.2, 0.25) is 5.02 Å². The lowest BCUT2D eigenvalue weighted by Gasteiger charge is -2.34. The van der Waals surface area contributed by atoms with Crippen LogP contribution in [0, 0.1) is 0 Å². The Morgan fingerprint density at radius 1 is 1.26 bits per heavy atom. The van der Waals surface area contributed by atoms with Gasteiger partial charge in [-0.1, -0.05) is 18.5 Å². The molecule has 0 radical (unpaired) electrons. The van der Waals surface area contributed by atoms with Crippen LogP contribution in [0.3, 0.4) is 0 Å². The number of nitrogens with one attached hydrogen (secondary N) is 1. The molecule has 0 saturated carbocycles. The zero-order valence-electron chi connectivity index (χ0n) is 16.5. The van der Waals surface area contributed by atoms with E-state index in [0.29, 0.717) is 49.2 Å². The highest BCUT2D eigenvalue weighted by Gasteiger charge is 2.24. The van der Waals surface area contributed by atoms with Crippen LogP contribution < -0.4 is 10.1 Å². The van der Waals surface area contributed by atoms with Gasteiger partial charge in [0, 0.05) is 38.4 Å². The number of hydrogen-bond donors (Lipinski definition) is 1. The van der Waals surface area contributed by atoms with Crippen LogP contribution >= 0.6 is 11.6 Å². The Labute approximate surface area is 166 Å². The molecule has 1 aliphatic rings.